The van der Waals surface area contributed by atoms with E-state index in [1.54, 1.807) is 7.11 Å². The van der Waals surface area contributed by atoms with Gasteiger partial charge in [0.25, 0.3) is 0 Å². The van der Waals surface area contributed by atoms with Gasteiger partial charge in [-0.3, -0.25) is 4.21 Å². The van der Waals surface area contributed by atoms with Gasteiger partial charge >= 0.3 is 0 Å². The molecule has 0 saturated heterocycles. The van der Waals surface area contributed by atoms with Gasteiger partial charge in [-0.1, -0.05) is 97.3 Å². The minimum Gasteiger partial charge on any atom is -0.748 e. The number of unbranched alkanes of at least 4 members (excludes halogenated alkanes) is 11. The Labute approximate surface area is 239 Å². The minimum absolute atomic E-state index is 0.221. The van der Waals surface area contributed by atoms with E-state index in [4.69, 9.17) is 22.4 Å². The van der Waals surface area contributed by atoms with Crippen LogP contribution in [0.2, 0.25) is 0 Å². The third-order valence-electron chi connectivity index (χ3n) is 6.38. The Bertz CT molecular complexity index is 629. The van der Waals surface area contributed by atoms with Crippen molar-refractivity contribution in [2.24, 2.45) is 0 Å². The van der Waals surface area contributed by atoms with Crippen LogP contribution in [0.4, 0.5) is 0 Å². The van der Waals surface area contributed by atoms with E-state index in [1.165, 1.54) is 77.0 Å². The van der Waals surface area contributed by atoms with Gasteiger partial charge in [-0.2, -0.15) is 0 Å². The number of hydrogen-bond donors (Lipinski definition) is 0. The minimum atomic E-state index is -3.92. The third-order valence-corrected chi connectivity index (χ3v) is 7.81. The second kappa shape index (κ2) is 25.9. The van der Waals surface area contributed by atoms with Gasteiger partial charge in [0, 0.05) is 48.5 Å². The summed E-state index contributed by atoms with van der Waals surface area (Å²) in [4.78, 5) is 0. The Balaban J connectivity index is 0. The topological polar surface area (TPSA) is 92.7 Å². The highest BCUT2D eigenvalue weighted by molar-refractivity contribution is 7.85. The van der Waals surface area contributed by atoms with Crippen LogP contribution in [0.15, 0.2) is 0 Å². The molecule has 0 fully saturated rings. The molecule has 0 amide bonds. The Kier molecular flexibility index (Phi) is 27.3. The first-order valence-electron chi connectivity index (χ1n) is 15.1. The fourth-order valence-corrected chi connectivity index (χ4v) is 5.41. The van der Waals surface area contributed by atoms with Crippen molar-refractivity contribution in [3.63, 3.8) is 0 Å². The largest absolute Gasteiger partial charge is 0.748 e. The quantitative estimate of drug-likeness (QED) is 0.0517. The van der Waals surface area contributed by atoms with E-state index in [0.717, 1.165) is 48.9 Å². The molecule has 3 unspecified atom stereocenters. The summed E-state index contributed by atoms with van der Waals surface area (Å²) in [6.45, 7) is 5.57. The zero-order valence-corrected chi connectivity index (χ0v) is 27.6. The molecule has 0 aromatic carbocycles. The molecule has 0 aromatic heterocycles. The van der Waals surface area contributed by atoms with Crippen LogP contribution >= 0.6 is 0 Å². The van der Waals surface area contributed by atoms with Gasteiger partial charge in [-0.25, -0.2) is 8.42 Å². The number of ether oxygens (including phenoxy) is 2. The van der Waals surface area contributed by atoms with Gasteiger partial charge in [0.1, 0.15) is 0 Å². The van der Waals surface area contributed by atoms with Gasteiger partial charge in [0.2, 0.25) is 0 Å². The lowest BCUT2D eigenvalue weighted by atomic mass is 10.0. The summed E-state index contributed by atoms with van der Waals surface area (Å²) in [5.41, 5.74) is 0. The normalized spacial score (nSPS) is 14.5. The van der Waals surface area contributed by atoms with Crippen LogP contribution in [0, 0.1) is 0 Å². The van der Waals surface area contributed by atoms with Gasteiger partial charge in [-0.15, -0.1) is 0 Å². The lowest BCUT2D eigenvalue weighted by Gasteiger charge is -2.24. The van der Waals surface area contributed by atoms with Gasteiger partial charge in [0.15, 0.2) is 6.29 Å². The first-order valence-corrected chi connectivity index (χ1v) is 18.4. The van der Waals surface area contributed by atoms with Crippen LogP contribution in [-0.2, 0) is 30.4 Å². The maximum atomic E-state index is 12.4. The molecule has 0 radical (unpaired) electrons. The van der Waals surface area contributed by atoms with Crippen molar-refractivity contribution in [3.8, 4) is 0 Å². The Hall–Kier alpha value is -0.0600. The van der Waals surface area contributed by atoms with Crippen molar-refractivity contribution >= 4 is 20.9 Å². The average Bonchev–Trinajstić information content (AvgIpc) is 2.80. The number of nitrogens with zero attached hydrogens (tertiary/aromatic N) is 1. The van der Waals surface area contributed by atoms with E-state index >= 15 is 0 Å². The molecular weight excluding hydrogens is 522 g/mol. The molecule has 0 aromatic rings. The molecule has 3 atom stereocenters. The second-order valence-corrected chi connectivity index (χ2v) is 14.7. The highest BCUT2D eigenvalue weighted by Crippen LogP contribution is 2.18. The van der Waals surface area contributed by atoms with Crippen molar-refractivity contribution in [2.75, 3.05) is 52.6 Å². The molecule has 0 aliphatic carbocycles. The van der Waals surface area contributed by atoms with Crippen LogP contribution in [0.5, 0.6) is 0 Å². The predicted molar refractivity (Wildman–Crippen MR) is 162 cm³/mol. The molecule has 0 N–H and O–H groups in total. The third kappa shape index (κ3) is 35.9. The number of methoxy groups -OCH3 is 1. The number of rotatable bonds is 25. The molecule has 0 rings (SSSR count). The highest BCUT2D eigenvalue weighted by Gasteiger charge is 2.17. The lowest BCUT2D eigenvalue weighted by Crippen LogP contribution is -2.36. The van der Waals surface area contributed by atoms with E-state index < -0.39 is 20.9 Å². The van der Waals surface area contributed by atoms with Crippen molar-refractivity contribution < 1.29 is 31.1 Å². The van der Waals surface area contributed by atoms with Crippen molar-refractivity contribution in [2.45, 2.75) is 135 Å². The summed E-state index contributed by atoms with van der Waals surface area (Å²) in [5, 5.41) is 0. The van der Waals surface area contributed by atoms with Crippen LogP contribution in [0.25, 0.3) is 0 Å². The van der Waals surface area contributed by atoms with Crippen LogP contribution in [0.3, 0.4) is 0 Å². The van der Waals surface area contributed by atoms with E-state index in [1.807, 2.05) is 0 Å². The Morgan fingerprint density at radius 2 is 1.21 bits per heavy atom. The fourth-order valence-electron chi connectivity index (χ4n) is 4.30. The second-order valence-electron chi connectivity index (χ2n) is 11.6. The molecule has 0 spiro atoms. The molecular formula is C29H63NO6S2. The first-order chi connectivity index (χ1) is 17.8. The predicted octanol–water partition coefficient (Wildman–Crippen LogP) is 6.63. The molecule has 0 heterocycles. The summed E-state index contributed by atoms with van der Waals surface area (Å²) in [6, 6.07) is 0. The van der Waals surface area contributed by atoms with Crippen LogP contribution in [-0.4, -0.2) is 86.6 Å². The summed E-state index contributed by atoms with van der Waals surface area (Å²) < 4.78 is 52.4. The molecule has 0 bridgehead atoms. The summed E-state index contributed by atoms with van der Waals surface area (Å²) in [7, 11) is 3.57. The van der Waals surface area contributed by atoms with Gasteiger partial charge < -0.3 is 18.5 Å². The number of quaternary nitrogens is 1. The molecule has 0 aliphatic heterocycles. The van der Waals surface area contributed by atoms with Crippen LogP contribution < -0.4 is 0 Å². The summed E-state index contributed by atoms with van der Waals surface area (Å²) in [5.74, 6) is 1.45. The standard InChI is InChI=1S/C28H60NO3S.CH4O3S/c1-7-9-10-11-12-13-14-15-16-17-18-19-22-27(21-8-2)32-28(31-6)23-26-33(30)25-20-24-29(3,4)5;1-5(2,3)4/h27-28H,7-26H2,1-6H3;1H3,(H,2,3,4)/q+1;/p-1. The monoisotopic (exact) mass is 585 g/mol. The molecule has 0 saturated carbocycles. The van der Waals surface area contributed by atoms with E-state index in [2.05, 4.69) is 35.0 Å². The van der Waals surface area contributed by atoms with Gasteiger partial charge in [0.05, 0.1) is 43.9 Å². The van der Waals surface area contributed by atoms with E-state index in [9.17, 15) is 4.21 Å². The maximum Gasteiger partial charge on any atom is 0.158 e. The molecule has 38 heavy (non-hydrogen) atoms. The maximum absolute atomic E-state index is 12.4. The van der Waals surface area contributed by atoms with Crippen molar-refractivity contribution in [1.82, 2.24) is 0 Å². The van der Waals surface area contributed by atoms with E-state index in [0.29, 0.717) is 12.0 Å². The zero-order chi connectivity index (χ0) is 29.3. The molecule has 0 aliphatic rings. The van der Waals surface area contributed by atoms with Crippen LogP contribution in [0.1, 0.15) is 123 Å². The lowest BCUT2D eigenvalue weighted by molar-refractivity contribution is -0.870. The average molecular weight is 586 g/mol. The summed E-state index contributed by atoms with van der Waals surface area (Å²) >= 11 is 0. The van der Waals surface area contributed by atoms with Gasteiger partial charge in [-0.05, 0) is 12.8 Å². The first kappa shape index (κ1) is 40.1. The SMILES string of the molecule is CCCCCCCCCCCCCCC(CCC)OC(CCS(=O)CCC[N+](C)(C)C)OC.CS(=O)(=O)[O-]. The fraction of sp³-hybridized carbons (Fsp3) is 1.00. The van der Waals surface area contributed by atoms with Crippen molar-refractivity contribution in [1.29, 1.82) is 0 Å². The van der Waals surface area contributed by atoms with E-state index in [-0.39, 0.29) is 12.4 Å². The highest BCUT2D eigenvalue weighted by atomic mass is 32.2. The Morgan fingerprint density at radius 1 is 0.737 bits per heavy atom. The zero-order valence-electron chi connectivity index (χ0n) is 26.0. The van der Waals surface area contributed by atoms with Crippen molar-refractivity contribution in [3.05, 3.63) is 0 Å². The number of hydrogen-bond acceptors (Lipinski definition) is 6. The molecule has 7 nitrogen and oxygen atoms in total. The summed E-state index contributed by atoms with van der Waals surface area (Å²) in [6.07, 6.45) is 22.3. The smallest absolute Gasteiger partial charge is 0.158 e. The Morgan fingerprint density at radius 3 is 1.63 bits per heavy atom. The molecule has 9 heteroatoms. The molecule has 232 valence electrons.